The van der Waals surface area contributed by atoms with Crippen molar-refractivity contribution < 1.29 is 13.9 Å². The van der Waals surface area contributed by atoms with Crippen molar-refractivity contribution in [3.8, 4) is 11.6 Å². The first-order valence-electron chi connectivity index (χ1n) is 8.07. The topological polar surface area (TPSA) is 126 Å². The average Bonchev–Trinajstić information content (AvgIpc) is 3.31. The van der Waals surface area contributed by atoms with Crippen LogP contribution in [0, 0.1) is 16.0 Å². The van der Waals surface area contributed by atoms with Crippen LogP contribution in [0.3, 0.4) is 0 Å². The van der Waals surface area contributed by atoms with Gasteiger partial charge in [-0.25, -0.2) is 0 Å². The zero-order valence-corrected chi connectivity index (χ0v) is 13.6. The number of hydrogen-bond acceptors (Lipinski definition) is 8. The van der Waals surface area contributed by atoms with Crippen LogP contribution in [-0.4, -0.2) is 30.1 Å². The van der Waals surface area contributed by atoms with E-state index < -0.39 is 4.92 Å². The highest BCUT2D eigenvalue weighted by atomic mass is 16.6. The number of aryl methyl sites for hydroxylation is 3. The average molecular weight is 344 g/mol. The van der Waals surface area contributed by atoms with E-state index in [2.05, 4.69) is 27.4 Å². The van der Waals surface area contributed by atoms with Crippen LogP contribution in [0.2, 0.25) is 0 Å². The van der Waals surface area contributed by atoms with E-state index in [0.29, 0.717) is 36.4 Å². The minimum atomic E-state index is -0.483. The van der Waals surface area contributed by atoms with E-state index in [1.165, 1.54) is 17.1 Å². The van der Waals surface area contributed by atoms with Crippen LogP contribution in [0.15, 0.2) is 21.3 Å². The summed E-state index contributed by atoms with van der Waals surface area (Å²) in [7, 11) is 0. The Labute approximate surface area is 142 Å². The lowest BCUT2D eigenvalue weighted by atomic mass is 9.88. The summed E-state index contributed by atoms with van der Waals surface area (Å²) in [4.78, 5) is 10.2. The molecule has 130 valence electrons. The van der Waals surface area contributed by atoms with E-state index in [1.54, 1.807) is 0 Å². The molecule has 0 aromatic carbocycles. The summed E-state index contributed by atoms with van der Waals surface area (Å²) in [6.07, 6.45) is 5.86. The Morgan fingerprint density at radius 2 is 2.32 bits per heavy atom. The van der Waals surface area contributed by atoms with Gasteiger partial charge in [0.05, 0.1) is 4.92 Å². The summed E-state index contributed by atoms with van der Waals surface area (Å²) in [5.74, 6) is 2.25. The minimum absolute atomic E-state index is 0.0467. The van der Waals surface area contributed by atoms with Crippen molar-refractivity contribution in [3.05, 3.63) is 39.7 Å². The summed E-state index contributed by atoms with van der Waals surface area (Å²) >= 11 is 0. The van der Waals surface area contributed by atoms with Crippen molar-refractivity contribution >= 4 is 5.69 Å². The van der Waals surface area contributed by atoms with E-state index in [1.807, 2.05) is 0 Å². The first-order chi connectivity index (χ1) is 12.1. The van der Waals surface area contributed by atoms with E-state index in [4.69, 9.17) is 8.94 Å². The molecule has 4 rings (SSSR count). The number of rotatable bonds is 5. The first kappa shape index (κ1) is 15.5. The van der Waals surface area contributed by atoms with Crippen molar-refractivity contribution in [2.45, 2.75) is 39.2 Å². The lowest BCUT2D eigenvalue weighted by molar-refractivity contribution is -0.385. The smallest absolute Gasteiger partial charge is 0.306 e. The van der Waals surface area contributed by atoms with E-state index in [-0.39, 0.29) is 5.69 Å². The largest absolute Gasteiger partial charge is 0.419 e. The predicted molar refractivity (Wildman–Crippen MR) is 83.6 cm³/mol. The molecule has 0 bridgehead atoms. The molecule has 10 nitrogen and oxygen atoms in total. The fourth-order valence-corrected chi connectivity index (χ4v) is 2.98. The molecule has 0 radical (unpaired) electrons. The number of fused-ring (bicyclic) bond motifs is 1. The molecule has 0 fully saturated rings. The van der Waals surface area contributed by atoms with Gasteiger partial charge < -0.3 is 8.94 Å². The van der Waals surface area contributed by atoms with Gasteiger partial charge in [-0.05, 0) is 18.8 Å². The zero-order valence-electron chi connectivity index (χ0n) is 13.6. The predicted octanol–water partition coefficient (Wildman–Crippen LogP) is 2.20. The van der Waals surface area contributed by atoms with Gasteiger partial charge >= 0.3 is 5.69 Å². The maximum Gasteiger partial charge on any atom is 0.306 e. The molecule has 25 heavy (non-hydrogen) atoms. The lowest BCUT2D eigenvalue weighted by Crippen LogP contribution is -2.09. The Morgan fingerprint density at radius 1 is 1.44 bits per heavy atom. The fourth-order valence-electron chi connectivity index (χ4n) is 2.98. The summed E-state index contributed by atoms with van der Waals surface area (Å²) < 4.78 is 12.6. The van der Waals surface area contributed by atoms with Crippen LogP contribution >= 0.6 is 0 Å². The molecule has 0 aliphatic heterocycles. The van der Waals surface area contributed by atoms with Crippen LogP contribution in [0.5, 0.6) is 0 Å². The first-order valence-corrected chi connectivity index (χ1v) is 8.07. The second-order valence-electron chi connectivity index (χ2n) is 6.25. The summed E-state index contributed by atoms with van der Waals surface area (Å²) in [6, 6.07) is 0. The van der Waals surface area contributed by atoms with Gasteiger partial charge in [-0.15, -0.1) is 10.2 Å². The second kappa shape index (κ2) is 6.11. The Bertz CT molecular complexity index is 911. The molecule has 0 saturated heterocycles. The van der Waals surface area contributed by atoms with Gasteiger partial charge in [0.1, 0.15) is 18.2 Å². The maximum atomic E-state index is 10.7. The molecule has 0 saturated carbocycles. The lowest BCUT2D eigenvalue weighted by Gasteiger charge is -2.15. The molecule has 1 aliphatic rings. The van der Waals surface area contributed by atoms with E-state index in [9.17, 15) is 10.1 Å². The van der Waals surface area contributed by atoms with Crippen molar-refractivity contribution in [2.75, 3.05) is 0 Å². The van der Waals surface area contributed by atoms with Crippen molar-refractivity contribution in [1.29, 1.82) is 0 Å². The van der Waals surface area contributed by atoms with Crippen LogP contribution in [-0.2, 0) is 25.8 Å². The molecule has 3 heterocycles. The molecular weight excluding hydrogens is 328 g/mol. The molecule has 3 aromatic rings. The minimum Gasteiger partial charge on any atom is -0.419 e. The molecule has 10 heteroatoms. The normalized spacial score (nSPS) is 16.8. The molecule has 3 aromatic heterocycles. The van der Waals surface area contributed by atoms with Crippen molar-refractivity contribution in [3.63, 3.8) is 0 Å². The molecular formula is C15H16N6O4. The zero-order chi connectivity index (χ0) is 17.4. The third-order valence-electron chi connectivity index (χ3n) is 4.34. The van der Waals surface area contributed by atoms with Gasteiger partial charge in [-0.1, -0.05) is 12.1 Å². The van der Waals surface area contributed by atoms with Crippen LogP contribution < -0.4 is 0 Å². The standard InChI is InChI=1S/C15H16N6O4/c1-9-2-3-12-11(6-9)14(19-25-12)15-18-17-13(24-15)4-5-20-8-10(7-16-20)21(22)23/h7-9H,2-6H2,1H3. The summed E-state index contributed by atoms with van der Waals surface area (Å²) in [5.41, 5.74) is 1.63. The Hall–Kier alpha value is -3.04. The molecule has 1 unspecified atom stereocenters. The summed E-state index contributed by atoms with van der Waals surface area (Å²) in [5, 5.41) is 26.8. The SMILES string of the molecule is CC1CCc2onc(-c3nnc(CCn4cc([N+](=O)[O-])cn4)o3)c2C1. The Kier molecular flexibility index (Phi) is 3.79. The fraction of sp³-hybridized carbons (Fsp3) is 0.467. The van der Waals surface area contributed by atoms with Gasteiger partial charge in [0.15, 0.2) is 5.69 Å². The number of hydrogen-bond donors (Lipinski definition) is 0. The molecule has 0 spiro atoms. The Balaban J connectivity index is 1.47. The summed E-state index contributed by atoms with van der Waals surface area (Å²) in [6.45, 7) is 2.60. The van der Waals surface area contributed by atoms with Gasteiger partial charge in [-0.3, -0.25) is 14.8 Å². The van der Waals surface area contributed by atoms with Crippen molar-refractivity contribution in [1.82, 2.24) is 25.1 Å². The van der Waals surface area contributed by atoms with Gasteiger partial charge in [0.25, 0.3) is 5.89 Å². The maximum absolute atomic E-state index is 10.7. The van der Waals surface area contributed by atoms with Crippen LogP contribution in [0.4, 0.5) is 5.69 Å². The Morgan fingerprint density at radius 3 is 3.12 bits per heavy atom. The van der Waals surface area contributed by atoms with Gasteiger partial charge in [0.2, 0.25) is 5.89 Å². The van der Waals surface area contributed by atoms with Gasteiger partial charge in [-0.2, -0.15) is 5.10 Å². The van der Waals surface area contributed by atoms with Crippen LogP contribution in [0.1, 0.15) is 30.6 Å². The number of nitro groups is 1. The van der Waals surface area contributed by atoms with E-state index in [0.717, 1.165) is 30.6 Å². The van der Waals surface area contributed by atoms with E-state index >= 15 is 0 Å². The third kappa shape index (κ3) is 3.02. The highest BCUT2D eigenvalue weighted by molar-refractivity contribution is 5.53. The second-order valence-corrected chi connectivity index (χ2v) is 6.25. The quantitative estimate of drug-likeness (QED) is 0.509. The molecule has 1 atom stereocenters. The third-order valence-corrected chi connectivity index (χ3v) is 4.34. The molecule has 0 N–H and O–H groups in total. The van der Waals surface area contributed by atoms with Gasteiger partial charge in [0, 0.05) is 24.9 Å². The van der Waals surface area contributed by atoms with Crippen molar-refractivity contribution in [2.24, 2.45) is 5.92 Å². The van der Waals surface area contributed by atoms with Crippen LogP contribution in [0.25, 0.3) is 11.6 Å². The highest BCUT2D eigenvalue weighted by Gasteiger charge is 2.27. The molecule has 1 aliphatic carbocycles. The molecule has 0 amide bonds. The number of nitrogens with zero attached hydrogens (tertiary/aromatic N) is 6. The number of aromatic nitrogens is 5. The highest BCUT2D eigenvalue weighted by Crippen LogP contribution is 2.32. The monoisotopic (exact) mass is 344 g/mol.